The number of rotatable bonds is 10. The minimum atomic E-state index is -4.01. The van der Waals surface area contributed by atoms with E-state index >= 15 is 0 Å². The summed E-state index contributed by atoms with van der Waals surface area (Å²) < 4.78 is 27.9. The molecule has 0 aliphatic carbocycles. The number of carbonyl (C=O) groups excluding carboxylic acids is 2. The van der Waals surface area contributed by atoms with Gasteiger partial charge in [0, 0.05) is 0 Å². The zero-order chi connectivity index (χ0) is 23.0. The van der Waals surface area contributed by atoms with Crippen LogP contribution in [0, 0.1) is 0 Å². The number of hydrogen-bond donors (Lipinski definition) is 1. The number of anilines is 1. The van der Waals surface area contributed by atoms with Crippen molar-refractivity contribution < 1.29 is 18.0 Å². The Bertz CT molecular complexity index is 1120. The molecular weight excluding hydrogens is 424 g/mol. The van der Waals surface area contributed by atoms with E-state index in [1.807, 2.05) is 30.3 Å². The van der Waals surface area contributed by atoms with Gasteiger partial charge in [-0.15, -0.1) is 0 Å². The predicted octanol–water partition coefficient (Wildman–Crippen LogP) is 3.59. The molecule has 1 amide bonds. The van der Waals surface area contributed by atoms with Crippen molar-refractivity contribution in [2.75, 3.05) is 4.31 Å². The lowest BCUT2D eigenvalue weighted by Crippen LogP contribution is -2.51. The van der Waals surface area contributed by atoms with Crippen molar-refractivity contribution in [2.45, 2.75) is 36.7 Å². The van der Waals surface area contributed by atoms with Crippen LogP contribution >= 0.6 is 0 Å². The number of aryl methyl sites for hydroxylation is 1. The van der Waals surface area contributed by atoms with E-state index in [4.69, 9.17) is 0 Å². The van der Waals surface area contributed by atoms with E-state index < -0.39 is 28.0 Å². The van der Waals surface area contributed by atoms with Gasteiger partial charge < -0.3 is 10.1 Å². The molecular formula is C25H26N2O4S. The molecule has 3 aromatic carbocycles. The first-order chi connectivity index (χ1) is 15.4. The first kappa shape index (κ1) is 23.2. The van der Waals surface area contributed by atoms with E-state index in [1.54, 1.807) is 48.5 Å². The molecule has 0 heterocycles. The number of amides is 1. The van der Waals surface area contributed by atoms with E-state index in [-0.39, 0.29) is 4.90 Å². The standard InChI is InChI=1S/C25H26N2O4S/c1-20(25(29)26-22(19-28)18-17-21-11-5-2-6-12-21)27(23-13-7-3-8-14-23)32(30,31)24-15-9-4-10-16-24/h2-16,19-20,22H,17-18H2,1H3,(H,26,29)/t20-,22-/m0/s1. The van der Waals surface area contributed by atoms with E-state index in [0.717, 1.165) is 9.87 Å². The van der Waals surface area contributed by atoms with Crippen LogP contribution in [-0.4, -0.2) is 32.7 Å². The van der Waals surface area contributed by atoms with Gasteiger partial charge in [-0.1, -0.05) is 66.7 Å². The van der Waals surface area contributed by atoms with Crippen molar-refractivity contribution >= 4 is 27.9 Å². The smallest absolute Gasteiger partial charge is 0.265 e. The molecule has 7 heteroatoms. The number of para-hydroxylation sites is 1. The quantitative estimate of drug-likeness (QED) is 0.479. The second kappa shape index (κ2) is 10.7. The topological polar surface area (TPSA) is 83.6 Å². The number of nitrogens with zero attached hydrogens (tertiary/aromatic N) is 1. The van der Waals surface area contributed by atoms with Gasteiger partial charge in [-0.05, 0) is 49.6 Å². The van der Waals surface area contributed by atoms with Crippen molar-refractivity contribution in [1.82, 2.24) is 5.32 Å². The Morgan fingerprint density at radius 1 is 0.906 bits per heavy atom. The van der Waals surface area contributed by atoms with Crippen LogP contribution in [0.15, 0.2) is 95.9 Å². The predicted molar refractivity (Wildman–Crippen MR) is 125 cm³/mol. The van der Waals surface area contributed by atoms with Crippen LogP contribution in [0.3, 0.4) is 0 Å². The minimum Gasteiger partial charge on any atom is -0.345 e. The maximum Gasteiger partial charge on any atom is 0.265 e. The van der Waals surface area contributed by atoms with Gasteiger partial charge in [-0.2, -0.15) is 0 Å². The summed E-state index contributed by atoms with van der Waals surface area (Å²) in [6, 6.07) is 24.3. The fraction of sp³-hybridized carbons (Fsp3) is 0.200. The third kappa shape index (κ3) is 5.62. The highest BCUT2D eigenvalue weighted by molar-refractivity contribution is 7.92. The van der Waals surface area contributed by atoms with Gasteiger partial charge in [0.1, 0.15) is 12.3 Å². The Balaban J connectivity index is 1.81. The van der Waals surface area contributed by atoms with Crippen LogP contribution in [-0.2, 0) is 26.0 Å². The third-order valence-corrected chi connectivity index (χ3v) is 7.03. The highest BCUT2D eigenvalue weighted by Crippen LogP contribution is 2.26. The Labute approximate surface area is 188 Å². The molecule has 2 atom stereocenters. The lowest BCUT2D eigenvalue weighted by molar-refractivity contribution is -0.124. The summed E-state index contributed by atoms with van der Waals surface area (Å²) in [5.41, 5.74) is 1.42. The Hall–Kier alpha value is -3.45. The molecule has 1 N–H and O–H groups in total. The molecule has 0 aliphatic heterocycles. The largest absolute Gasteiger partial charge is 0.345 e. The number of benzene rings is 3. The van der Waals surface area contributed by atoms with Crippen LogP contribution in [0.1, 0.15) is 18.9 Å². The first-order valence-corrected chi connectivity index (χ1v) is 11.8. The van der Waals surface area contributed by atoms with E-state index in [2.05, 4.69) is 5.32 Å². The molecule has 0 saturated heterocycles. The Morgan fingerprint density at radius 2 is 1.44 bits per heavy atom. The average Bonchev–Trinajstić information content (AvgIpc) is 2.83. The maximum absolute atomic E-state index is 13.4. The van der Waals surface area contributed by atoms with Gasteiger partial charge in [0.05, 0.1) is 16.6 Å². The maximum atomic E-state index is 13.4. The summed E-state index contributed by atoms with van der Waals surface area (Å²) in [6.45, 7) is 1.52. The van der Waals surface area contributed by atoms with Crippen LogP contribution in [0.5, 0.6) is 0 Å². The summed E-state index contributed by atoms with van der Waals surface area (Å²) >= 11 is 0. The van der Waals surface area contributed by atoms with Crippen LogP contribution in [0.2, 0.25) is 0 Å². The number of hydrogen-bond acceptors (Lipinski definition) is 4. The molecule has 32 heavy (non-hydrogen) atoms. The number of sulfonamides is 1. The molecule has 0 fully saturated rings. The van der Waals surface area contributed by atoms with E-state index in [0.29, 0.717) is 24.8 Å². The first-order valence-electron chi connectivity index (χ1n) is 10.4. The molecule has 0 spiro atoms. The molecule has 166 valence electrons. The fourth-order valence-corrected chi connectivity index (χ4v) is 5.04. The van der Waals surface area contributed by atoms with Crippen molar-refractivity contribution in [3.63, 3.8) is 0 Å². The zero-order valence-corrected chi connectivity index (χ0v) is 18.6. The van der Waals surface area contributed by atoms with Crippen molar-refractivity contribution in [3.8, 4) is 0 Å². The van der Waals surface area contributed by atoms with Gasteiger partial charge in [-0.25, -0.2) is 8.42 Å². The molecule has 0 saturated carbocycles. The summed E-state index contributed by atoms with van der Waals surface area (Å²) in [6.07, 6.45) is 1.72. The molecule has 0 radical (unpaired) electrons. The van der Waals surface area contributed by atoms with Crippen LogP contribution < -0.4 is 9.62 Å². The van der Waals surface area contributed by atoms with E-state index in [1.165, 1.54) is 19.1 Å². The number of nitrogens with one attached hydrogen (secondary N) is 1. The van der Waals surface area contributed by atoms with Gasteiger partial charge in [0.15, 0.2) is 0 Å². The Morgan fingerprint density at radius 3 is 2.00 bits per heavy atom. The minimum absolute atomic E-state index is 0.0829. The molecule has 0 bridgehead atoms. The molecule has 6 nitrogen and oxygen atoms in total. The monoisotopic (exact) mass is 450 g/mol. The molecule has 0 unspecified atom stereocenters. The normalized spacial score (nSPS) is 13.0. The molecule has 3 rings (SSSR count). The van der Waals surface area contributed by atoms with Crippen molar-refractivity contribution in [1.29, 1.82) is 0 Å². The van der Waals surface area contributed by atoms with Gasteiger partial charge >= 0.3 is 0 Å². The van der Waals surface area contributed by atoms with Crippen molar-refractivity contribution in [2.24, 2.45) is 0 Å². The lowest BCUT2D eigenvalue weighted by atomic mass is 10.1. The fourth-order valence-electron chi connectivity index (χ4n) is 3.40. The molecule has 0 aliphatic rings. The van der Waals surface area contributed by atoms with Gasteiger partial charge in [0.25, 0.3) is 10.0 Å². The second-order valence-corrected chi connectivity index (χ2v) is 9.22. The van der Waals surface area contributed by atoms with Crippen molar-refractivity contribution in [3.05, 3.63) is 96.6 Å². The third-order valence-electron chi connectivity index (χ3n) is 5.12. The SMILES string of the molecule is C[C@@H](C(=O)N[C@H](C=O)CCc1ccccc1)N(c1ccccc1)S(=O)(=O)c1ccccc1. The van der Waals surface area contributed by atoms with Gasteiger partial charge in [0.2, 0.25) is 5.91 Å². The molecule has 0 aromatic heterocycles. The van der Waals surface area contributed by atoms with E-state index in [9.17, 15) is 18.0 Å². The highest BCUT2D eigenvalue weighted by Gasteiger charge is 2.33. The lowest BCUT2D eigenvalue weighted by Gasteiger charge is -2.30. The summed E-state index contributed by atoms with van der Waals surface area (Å²) in [5, 5.41) is 2.70. The Kier molecular flexibility index (Phi) is 7.78. The second-order valence-electron chi connectivity index (χ2n) is 7.40. The number of aldehydes is 1. The molecule has 3 aromatic rings. The highest BCUT2D eigenvalue weighted by atomic mass is 32.2. The summed E-state index contributed by atoms with van der Waals surface area (Å²) in [4.78, 5) is 24.7. The van der Waals surface area contributed by atoms with Crippen LogP contribution in [0.4, 0.5) is 5.69 Å². The zero-order valence-electron chi connectivity index (χ0n) is 17.8. The average molecular weight is 451 g/mol. The van der Waals surface area contributed by atoms with Gasteiger partial charge in [-0.3, -0.25) is 9.10 Å². The number of carbonyl (C=O) groups is 2. The van der Waals surface area contributed by atoms with Crippen LogP contribution in [0.25, 0.3) is 0 Å². The summed E-state index contributed by atoms with van der Waals surface area (Å²) in [5.74, 6) is -0.543. The summed E-state index contributed by atoms with van der Waals surface area (Å²) in [7, 11) is -4.01.